The van der Waals surface area contributed by atoms with Crippen LogP contribution in [0.4, 0.5) is 5.69 Å². The van der Waals surface area contributed by atoms with E-state index in [-0.39, 0.29) is 17.2 Å². The molecule has 46 heavy (non-hydrogen) atoms. The van der Waals surface area contributed by atoms with Gasteiger partial charge in [0.2, 0.25) is 0 Å². The van der Waals surface area contributed by atoms with Crippen LogP contribution in [0.1, 0.15) is 39.1 Å². The van der Waals surface area contributed by atoms with Gasteiger partial charge in [0.25, 0.3) is 0 Å². The number of likely N-dealkylation sites (tertiary alicyclic amines) is 1. The zero-order valence-corrected chi connectivity index (χ0v) is 27.7. The van der Waals surface area contributed by atoms with Gasteiger partial charge in [0.1, 0.15) is 17.6 Å². The lowest BCUT2D eigenvalue weighted by molar-refractivity contribution is 0.0660. The predicted octanol–water partition coefficient (Wildman–Crippen LogP) is 8.67. The van der Waals surface area contributed by atoms with E-state index < -0.39 is 5.97 Å². The Balaban J connectivity index is 0.948. The number of thiophene rings is 1. The van der Waals surface area contributed by atoms with E-state index in [2.05, 4.69) is 75.1 Å². The molecule has 3 heterocycles. The maximum absolute atomic E-state index is 11.4. The minimum atomic E-state index is -1.09. The number of piperidine rings is 1. The highest BCUT2D eigenvalue weighted by Crippen LogP contribution is 2.47. The normalized spacial score (nSPS) is 15.9. The molecule has 7 rings (SSSR count). The van der Waals surface area contributed by atoms with Crippen molar-refractivity contribution in [2.45, 2.75) is 31.9 Å². The molecule has 4 aromatic carbocycles. The number of carbonyl (C=O) groups is 2. The third-order valence-corrected chi connectivity index (χ3v) is 10.6. The molecule has 0 aliphatic carbocycles. The van der Waals surface area contributed by atoms with E-state index in [1.54, 1.807) is 23.5 Å². The minimum Gasteiger partial charge on any atom is -0.490 e. The van der Waals surface area contributed by atoms with Gasteiger partial charge in [-0.1, -0.05) is 34.1 Å². The predicted molar refractivity (Wildman–Crippen MR) is 186 cm³/mol. The third-order valence-electron chi connectivity index (χ3n) is 8.87. The molecule has 2 saturated heterocycles. The standard InChI is InChI=1S/C37H33BrN2O5S/c1-23-2-12-33-34(18-23)46-36(24-3-5-26(38)6-4-24)35(33)45-30-10-8-29(9-11-30)44-31-14-16-39(17-15-31)28-20-40(21-28)27-7-13-32(37(42)43)25(19-27)22-41/h2-13,18-19,22,28,31H,14-17,20-21H2,1H3,(H,42,43). The number of benzene rings is 4. The molecular formula is C37H33BrN2O5S. The van der Waals surface area contributed by atoms with Crippen LogP contribution in [0, 0.1) is 6.92 Å². The largest absolute Gasteiger partial charge is 0.490 e. The van der Waals surface area contributed by atoms with Gasteiger partial charge in [-0.15, -0.1) is 11.3 Å². The van der Waals surface area contributed by atoms with Gasteiger partial charge < -0.3 is 19.5 Å². The van der Waals surface area contributed by atoms with Gasteiger partial charge in [-0.05, 0) is 97.6 Å². The molecule has 0 spiro atoms. The molecule has 1 aromatic heterocycles. The topological polar surface area (TPSA) is 79.3 Å². The van der Waals surface area contributed by atoms with E-state index in [4.69, 9.17) is 9.47 Å². The van der Waals surface area contributed by atoms with Crippen molar-refractivity contribution in [2.24, 2.45) is 0 Å². The second-order valence-electron chi connectivity index (χ2n) is 11.9. The molecule has 0 saturated carbocycles. The molecule has 9 heteroatoms. The molecule has 1 N–H and O–H groups in total. The number of carbonyl (C=O) groups excluding carboxylic acids is 1. The third kappa shape index (κ3) is 6.27. The molecule has 0 radical (unpaired) electrons. The summed E-state index contributed by atoms with van der Waals surface area (Å²) in [6.45, 7) is 5.76. The summed E-state index contributed by atoms with van der Waals surface area (Å²) in [5, 5.41) is 10.4. The highest BCUT2D eigenvalue weighted by atomic mass is 79.9. The number of carboxylic acid groups (broad SMARTS) is 1. The van der Waals surface area contributed by atoms with Crippen LogP contribution in [0.25, 0.3) is 20.5 Å². The van der Waals surface area contributed by atoms with Crippen LogP contribution in [0.2, 0.25) is 0 Å². The monoisotopic (exact) mass is 696 g/mol. The Labute approximate surface area is 280 Å². The number of hydrogen-bond donors (Lipinski definition) is 1. The van der Waals surface area contributed by atoms with Gasteiger partial charge in [0.15, 0.2) is 12.0 Å². The Bertz CT molecular complexity index is 1890. The van der Waals surface area contributed by atoms with E-state index in [1.165, 1.54) is 16.3 Å². The average Bonchev–Trinajstić information content (AvgIpc) is 3.39. The Hall–Kier alpha value is -4.18. The summed E-state index contributed by atoms with van der Waals surface area (Å²) >= 11 is 5.29. The van der Waals surface area contributed by atoms with E-state index in [9.17, 15) is 14.7 Å². The number of ether oxygens (including phenoxy) is 2. The number of hydrogen-bond acceptors (Lipinski definition) is 7. The summed E-state index contributed by atoms with van der Waals surface area (Å²) < 4.78 is 15.2. The quantitative estimate of drug-likeness (QED) is 0.155. The van der Waals surface area contributed by atoms with E-state index in [1.807, 2.05) is 24.3 Å². The number of anilines is 1. The molecule has 2 fully saturated rings. The number of rotatable bonds is 9. The summed E-state index contributed by atoms with van der Waals surface area (Å²) in [6, 6.07) is 28.2. The van der Waals surface area contributed by atoms with Crippen molar-refractivity contribution in [3.63, 3.8) is 0 Å². The number of fused-ring (bicyclic) bond motifs is 1. The molecule has 0 bridgehead atoms. The first-order chi connectivity index (χ1) is 22.3. The fraction of sp³-hybridized carbons (Fsp3) is 0.243. The van der Waals surface area contributed by atoms with E-state index in [0.717, 1.165) is 82.3 Å². The first kappa shape index (κ1) is 30.5. The molecule has 0 unspecified atom stereocenters. The zero-order valence-electron chi connectivity index (χ0n) is 25.3. The number of nitrogens with zero attached hydrogens (tertiary/aromatic N) is 2. The van der Waals surface area contributed by atoms with Gasteiger partial charge in [0, 0.05) is 58.0 Å². The highest BCUT2D eigenvalue weighted by Gasteiger charge is 2.34. The summed E-state index contributed by atoms with van der Waals surface area (Å²) in [5.74, 6) is 1.40. The first-order valence-electron chi connectivity index (χ1n) is 15.4. The number of halogens is 1. The summed E-state index contributed by atoms with van der Waals surface area (Å²) in [7, 11) is 0. The Kier molecular flexibility index (Phi) is 8.55. The minimum absolute atomic E-state index is 0.0389. The molecular weight excluding hydrogens is 664 g/mol. The van der Waals surface area contributed by atoms with Gasteiger partial charge in [-0.3, -0.25) is 9.69 Å². The first-order valence-corrected chi connectivity index (χ1v) is 17.0. The van der Waals surface area contributed by atoms with Crippen molar-refractivity contribution in [1.29, 1.82) is 0 Å². The van der Waals surface area contributed by atoms with Crippen molar-refractivity contribution in [3.05, 3.63) is 106 Å². The fourth-order valence-corrected chi connectivity index (χ4v) is 7.76. The summed E-state index contributed by atoms with van der Waals surface area (Å²) in [5.41, 5.74) is 3.49. The second-order valence-corrected chi connectivity index (χ2v) is 13.9. The Morgan fingerprint density at radius 1 is 0.935 bits per heavy atom. The van der Waals surface area contributed by atoms with Crippen molar-refractivity contribution in [2.75, 3.05) is 31.1 Å². The van der Waals surface area contributed by atoms with Crippen LogP contribution >= 0.6 is 27.3 Å². The maximum Gasteiger partial charge on any atom is 0.336 e. The maximum atomic E-state index is 11.4. The molecule has 7 nitrogen and oxygen atoms in total. The van der Waals surface area contributed by atoms with E-state index in [0.29, 0.717) is 12.3 Å². The van der Waals surface area contributed by atoms with Crippen molar-refractivity contribution in [3.8, 4) is 27.7 Å². The van der Waals surface area contributed by atoms with Gasteiger partial charge in [0.05, 0.1) is 10.4 Å². The molecule has 2 aliphatic heterocycles. The number of aromatic carboxylic acids is 1. The van der Waals surface area contributed by atoms with Gasteiger partial charge in [-0.25, -0.2) is 4.79 Å². The molecule has 2 aliphatic rings. The van der Waals surface area contributed by atoms with Crippen LogP contribution in [0.5, 0.6) is 17.2 Å². The van der Waals surface area contributed by atoms with Crippen LogP contribution in [0.3, 0.4) is 0 Å². The smallest absolute Gasteiger partial charge is 0.336 e. The molecule has 234 valence electrons. The lowest BCUT2D eigenvalue weighted by Gasteiger charge is -2.48. The highest BCUT2D eigenvalue weighted by molar-refractivity contribution is 9.10. The lowest BCUT2D eigenvalue weighted by atomic mass is 9.99. The fourth-order valence-electron chi connectivity index (χ4n) is 6.26. The van der Waals surface area contributed by atoms with Crippen LogP contribution in [0.15, 0.2) is 89.4 Å². The summed E-state index contributed by atoms with van der Waals surface area (Å²) in [6.07, 6.45) is 2.68. The van der Waals surface area contributed by atoms with Crippen LogP contribution in [-0.2, 0) is 0 Å². The number of aryl methyl sites for hydroxylation is 1. The average molecular weight is 698 g/mol. The molecule has 0 atom stereocenters. The zero-order chi connectivity index (χ0) is 31.8. The number of carboxylic acids is 1. The van der Waals surface area contributed by atoms with Gasteiger partial charge in [-0.2, -0.15) is 0 Å². The lowest BCUT2D eigenvalue weighted by Crippen LogP contribution is -2.61. The molecule has 5 aromatic rings. The van der Waals surface area contributed by atoms with Crippen molar-refractivity contribution < 1.29 is 24.2 Å². The van der Waals surface area contributed by atoms with E-state index >= 15 is 0 Å². The van der Waals surface area contributed by atoms with Crippen molar-refractivity contribution >= 4 is 55.3 Å². The van der Waals surface area contributed by atoms with Crippen LogP contribution < -0.4 is 14.4 Å². The van der Waals surface area contributed by atoms with Crippen LogP contribution in [-0.4, -0.2) is 60.6 Å². The molecule has 0 amide bonds. The van der Waals surface area contributed by atoms with Crippen molar-refractivity contribution in [1.82, 2.24) is 4.90 Å². The Morgan fingerprint density at radius 2 is 1.65 bits per heavy atom. The second kappa shape index (κ2) is 12.9. The number of aldehydes is 1. The summed E-state index contributed by atoms with van der Waals surface area (Å²) in [4.78, 5) is 28.5. The SMILES string of the molecule is Cc1ccc2c(Oc3ccc(OC4CCN(C5CN(c6ccc(C(=O)O)c(C=O)c6)C5)CC4)cc3)c(-c3ccc(Br)cc3)sc2c1. The Morgan fingerprint density at radius 3 is 2.35 bits per heavy atom. The van der Waals surface area contributed by atoms with Gasteiger partial charge >= 0.3 is 5.97 Å².